The minimum atomic E-state index is 0.423. The first kappa shape index (κ1) is 7.28. The van der Waals surface area contributed by atoms with Crippen LogP contribution in [0.15, 0.2) is 11.6 Å². The summed E-state index contributed by atoms with van der Waals surface area (Å²) in [5.74, 6) is 0. The maximum Gasteiger partial charge on any atom is -0.0114 e. The summed E-state index contributed by atoms with van der Waals surface area (Å²) >= 11 is 0. The molecule has 0 bridgehead atoms. The second kappa shape index (κ2) is 3.37. The minimum Gasteiger partial charge on any atom is -0.0987 e. The van der Waals surface area contributed by atoms with E-state index in [1.807, 2.05) is 0 Å². The molecule has 1 rings (SSSR count). The number of hydrogen-bond donors (Lipinski definition) is 0. The molecule has 0 aromatic heterocycles. The third-order valence-corrected chi connectivity index (χ3v) is 4.44. The molecular weight excluding hydrogens is 127 g/mol. The van der Waals surface area contributed by atoms with Crippen molar-refractivity contribution in [2.24, 2.45) is 0 Å². The fraction of sp³-hybridized carbons (Fsp3) is 0.750. The monoisotopic (exact) mass is 142 g/mol. The molecule has 0 radical (unpaired) electrons. The van der Waals surface area contributed by atoms with Gasteiger partial charge in [-0.15, -0.1) is 0 Å². The van der Waals surface area contributed by atoms with Crippen LogP contribution >= 0.6 is 7.92 Å². The predicted molar refractivity (Wildman–Crippen MR) is 45.6 cm³/mol. The summed E-state index contributed by atoms with van der Waals surface area (Å²) in [5.41, 5.74) is 1.63. The number of allylic oxidation sites excluding steroid dienone is 2. The van der Waals surface area contributed by atoms with Gasteiger partial charge in [-0.1, -0.05) is 32.9 Å². The molecule has 0 aromatic carbocycles. The van der Waals surface area contributed by atoms with E-state index in [-0.39, 0.29) is 0 Å². The predicted octanol–water partition coefficient (Wildman–Crippen LogP) is 2.84. The molecular formula is C8H15P. The highest BCUT2D eigenvalue weighted by Gasteiger charge is 2.11. The van der Waals surface area contributed by atoms with Crippen LogP contribution in [0, 0.1) is 0 Å². The highest BCUT2D eigenvalue weighted by Crippen LogP contribution is 2.42. The summed E-state index contributed by atoms with van der Waals surface area (Å²) in [6.45, 7) is 4.55. The molecule has 1 aliphatic heterocycles. The second-order valence-electron chi connectivity index (χ2n) is 2.79. The first-order valence-electron chi connectivity index (χ1n) is 3.71. The van der Waals surface area contributed by atoms with Crippen LogP contribution in [0.4, 0.5) is 0 Å². The van der Waals surface area contributed by atoms with Crippen LogP contribution in [-0.2, 0) is 0 Å². The van der Waals surface area contributed by atoms with E-state index >= 15 is 0 Å². The third-order valence-electron chi connectivity index (χ3n) is 1.71. The smallest absolute Gasteiger partial charge is 0.0114 e. The SMILES string of the molecule is CCCP1CC=C(C)C1. The lowest BCUT2D eigenvalue weighted by Crippen LogP contribution is -1.84. The van der Waals surface area contributed by atoms with Crippen molar-refractivity contribution in [2.45, 2.75) is 20.3 Å². The zero-order valence-electron chi connectivity index (χ0n) is 6.35. The van der Waals surface area contributed by atoms with Gasteiger partial charge in [0.05, 0.1) is 0 Å². The molecule has 0 saturated heterocycles. The van der Waals surface area contributed by atoms with Crippen molar-refractivity contribution >= 4 is 7.92 Å². The number of rotatable bonds is 2. The zero-order chi connectivity index (χ0) is 6.69. The summed E-state index contributed by atoms with van der Waals surface area (Å²) in [4.78, 5) is 0. The first-order chi connectivity index (χ1) is 4.33. The Balaban J connectivity index is 2.21. The highest BCUT2D eigenvalue weighted by molar-refractivity contribution is 7.58. The van der Waals surface area contributed by atoms with E-state index in [4.69, 9.17) is 0 Å². The van der Waals surface area contributed by atoms with E-state index in [2.05, 4.69) is 19.9 Å². The van der Waals surface area contributed by atoms with Crippen LogP contribution in [0.5, 0.6) is 0 Å². The summed E-state index contributed by atoms with van der Waals surface area (Å²) in [5, 5.41) is 0. The lowest BCUT2D eigenvalue weighted by atomic mass is 10.3. The van der Waals surface area contributed by atoms with Crippen molar-refractivity contribution in [2.75, 3.05) is 18.5 Å². The lowest BCUT2D eigenvalue weighted by Gasteiger charge is -2.06. The van der Waals surface area contributed by atoms with Gasteiger partial charge in [0.25, 0.3) is 0 Å². The molecule has 1 aliphatic rings. The van der Waals surface area contributed by atoms with Crippen molar-refractivity contribution in [3.05, 3.63) is 11.6 Å². The van der Waals surface area contributed by atoms with E-state index < -0.39 is 0 Å². The van der Waals surface area contributed by atoms with Gasteiger partial charge in [0.15, 0.2) is 0 Å². The van der Waals surface area contributed by atoms with Crippen LogP contribution < -0.4 is 0 Å². The molecule has 1 heterocycles. The molecule has 1 atom stereocenters. The average molecular weight is 142 g/mol. The maximum absolute atomic E-state index is 2.42. The van der Waals surface area contributed by atoms with Gasteiger partial charge in [-0.05, 0) is 25.4 Å². The van der Waals surface area contributed by atoms with Gasteiger partial charge in [0.1, 0.15) is 0 Å². The van der Waals surface area contributed by atoms with Gasteiger partial charge >= 0.3 is 0 Å². The zero-order valence-corrected chi connectivity index (χ0v) is 7.25. The van der Waals surface area contributed by atoms with E-state index in [1.54, 1.807) is 5.57 Å². The molecule has 9 heavy (non-hydrogen) atoms. The Hall–Kier alpha value is 0.170. The molecule has 0 amide bonds. The topological polar surface area (TPSA) is 0 Å². The summed E-state index contributed by atoms with van der Waals surface area (Å²) in [7, 11) is 0.423. The van der Waals surface area contributed by atoms with Crippen molar-refractivity contribution in [3.8, 4) is 0 Å². The largest absolute Gasteiger partial charge is 0.0987 e. The van der Waals surface area contributed by atoms with Gasteiger partial charge < -0.3 is 0 Å². The lowest BCUT2D eigenvalue weighted by molar-refractivity contribution is 1.09. The highest BCUT2D eigenvalue weighted by atomic mass is 31.1. The Kier molecular flexibility index (Phi) is 2.72. The van der Waals surface area contributed by atoms with Gasteiger partial charge in [0.2, 0.25) is 0 Å². The van der Waals surface area contributed by atoms with Gasteiger partial charge in [-0.3, -0.25) is 0 Å². The Morgan fingerprint density at radius 2 is 2.44 bits per heavy atom. The van der Waals surface area contributed by atoms with Crippen molar-refractivity contribution < 1.29 is 0 Å². The van der Waals surface area contributed by atoms with E-state index in [0.29, 0.717) is 7.92 Å². The van der Waals surface area contributed by atoms with Crippen LogP contribution in [0.25, 0.3) is 0 Å². The second-order valence-corrected chi connectivity index (χ2v) is 5.26. The van der Waals surface area contributed by atoms with Gasteiger partial charge in [0, 0.05) is 0 Å². The Morgan fingerprint density at radius 3 is 2.89 bits per heavy atom. The molecule has 1 heteroatoms. The van der Waals surface area contributed by atoms with Crippen molar-refractivity contribution in [1.82, 2.24) is 0 Å². The molecule has 52 valence electrons. The molecule has 1 unspecified atom stereocenters. The fourth-order valence-corrected chi connectivity index (χ4v) is 3.76. The van der Waals surface area contributed by atoms with E-state index in [1.165, 1.54) is 24.9 Å². The van der Waals surface area contributed by atoms with Crippen LogP contribution in [0.2, 0.25) is 0 Å². The molecule has 0 N–H and O–H groups in total. The minimum absolute atomic E-state index is 0.423. The quantitative estimate of drug-likeness (QED) is 0.411. The standard InChI is InChI=1S/C8H15P/c1-3-5-9-6-4-8(2)7-9/h4H,3,5-7H2,1-2H3. The Morgan fingerprint density at radius 1 is 1.67 bits per heavy atom. The van der Waals surface area contributed by atoms with Crippen LogP contribution in [0.3, 0.4) is 0 Å². The molecule has 0 fully saturated rings. The summed E-state index contributed by atoms with van der Waals surface area (Å²) in [6, 6.07) is 0. The average Bonchev–Trinajstić information content (AvgIpc) is 2.17. The molecule has 0 aliphatic carbocycles. The Labute approximate surface area is 59.1 Å². The molecule has 0 nitrogen and oxygen atoms in total. The molecule has 0 spiro atoms. The normalized spacial score (nSPS) is 26.4. The van der Waals surface area contributed by atoms with Gasteiger partial charge in [-0.2, -0.15) is 0 Å². The van der Waals surface area contributed by atoms with Crippen LogP contribution in [0.1, 0.15) is 20.3 Å². The van der Waals surface area contributed by atoms with Crippen LogP contribution in [-0.4, -0.2) is 18.5 Å². The van der Waals surface area contributed by atoms with Gasteiger partial charge in [-0.25, -0.2) is 0 Å². The summed E-state index contributed by atoms with van der Waals surface area (Å²) < 4.78 is 0. The number of hydrogen-bond acceptors (Lipinski definition) is 0. The molecule has 0 aromatic rings. The summed E-state index contributed by atoms with van der Waals surface area (Å²) in [6.07, 6.45) is 8.13. The molecule has 0 saturated carbocycles. The fourth-order valence-electron chi connectivity index (χ4n) is 1.25. The Bertz CT molecular complexity index is 116. The van der Waals surface area contributed by atoms with Crippen molar-refractivity contribution in [1.29, 1.82) is 0 Å². The van der Waals surface area contributed by atoms with Crippen molar-refractivity contribution in [3.63, 3.8) is 0 Å². The van der Waals surface area contributed by atoms with E-state index in [0.717, 1.165) is 0 Å². The third kappa shape index (κ3) is 2.10. The van der Waals surface area contributed by atoms with E-state index in [9.17, 15) is 0 Å². The first-order valence-corrected chi connectivity index (χ1v) is 5.60. The maximum atomic E-state index is 2.42.